The van der Waals surface area contributed by atoms with E-state index in [0.29, 0.717) is 11.4 Å². The van der Waals surface area contributed by atoms with Gasteiger partial charge < -0.3 is 9.47 Å². The molecule has 23 heavy (non-hydrogen) atoms. The highest BCUT2D eigenvalue weighted by Gasteiger charge is 2.12. The Kier molecular flexibility index (Phi) is 3.98. The van der Waals surface area contributed by atoms with Crippen molar-refractivity contribution in [3.63, 3.8) is 0 Å². The Balaban J connectivity index is 2.08. The van der Waals surface area contributed by atoms with Crippen LogP contribution in [0.1, 0.15) is 5.56 Å². The third kappa shape index (κ3) is 2.87. The summed E-state index contributed by atoms with van der Waals surface area (Å²) in [5, 5.41) is 13.4. The number of methoxy groups -OCH3 is 2. The lowest BCUT2D eigenvalue weighted by Gasteiger charge is -2.08. The molecular formula is C18H15N3O2. The molecule has 0 bridgehead atoms. The normalized spacial score (nSPS) is 10.1. The van der Waals surface area contributed by atoms with Crippen LogP contribution in [0.5, 0.6) is 11.6 Å². The molecule has 0 amide bonds. The van der Waals surface area contributed by atoms with E-state index in [1.54, 1.807) is 31.0 Å². The molecule has 0 unspecified atom stereocenters. The Bertz CT molecular complexity index is 843. The Hall–Kier alpha value is -3.26. The largest absolute Gasteiger partial charge is 0.497 e. The molecule has 0 aliphatic rings. The van der Waals surface area contributed by atoms with Gasteiger partial charge in [-0.25, -0.2) is 4.68 Å². The predicted octanol–water partition coefficient (Wildman–Crippen LogP) is 3.43. The van der Waals surface area contributed by atoms with E-state index < -0.39 is 0 Å². The summed E-state index contributed by atoms with van der Waals surface area (Å²) in [6.45, 7) is 0. The minimum atomic E-state index is 0.528. The second-order valence-electron chi connectivity index (χ2n) is 4.87. The van der Waals surface area contributed by atoms with Crippen molar-refractivity contribution in [1.29, 1.82) is 5.26 Å². The molecule has 0 saturated heterocycles. The summed E-state index contributed by atoms with van der Waals surface area (Å²) >= 11 is 0. The Morgan fingerprint density at radius 2 is 1.65 bits per heavy atom. The van der Waals surface area contributed by atoms with Gasteiger partial charge in [0.1, 0.15) is 5.75 Å². The molecule has 2 aromatic carbocycles. The first kappa shape index (κ1) is 14.7. The summed E-state index contributed by atoms with van der Waals surface area (Å²) in [6, 6.07) is 19.0. The summed E-state index contributed by atoms with van der Waals surface area (Å²) in [4.78, 5) is 0. The van der Waals surface area contributed by atoms with Crippen LogP contribution in [0.3, 0.4) is 0 Å². The molecule has 0 aliphatic carbocycles. The van der Waals surface area contributed by atoms with Crippen molar-refractivity contribution >= 4 is 0 Å². The Morgan fingerprint density at radius 3 is 2.22 bits per heavy atom. The zero-order valence-electron chi connectivity index (χ0n) is 12.9. The van der Waals surface area contributed by atoms with E-state index in [2.05, 4.69) is 11.2 Å². The average molecular weight is 305 g/mol. The van der Waals surface area contributed by atoms with Crippen molar-refractivity contribution in [2.75, 3.05) is 14.2 Å². The van der Waals surface area contributed by atoms with Gasteiger partial charge in [-0.1, -0.05) is 12.1 Å². The second kappa shape index (κ2) is 6.24. The fourth-order valence-electron chi connectivity index (χ4n) is 2.30. The molecule has 0 radical (unpaired) electrons. The van der Waals surface area contributed by atoms with E-state index in [0.717, 1.165) is 22.7 Å². The number of aromatic nitrogens is 2. The van der Waals surface area contributed by atoms with Crippen molar-refractivity contribution in [3.8, 4) is 34.6 Å². The summed E-state index contributed by atoms with van der Waals surface area (Å²) in [6.07, 6.45) is 0. The van der Waals surface area contributed by atoms with Crippen molar-refractivity contribution in [2.24, 2.45) is 0 Å². The van der Waals surface area contributed by atoms with Crippen molar-refractivity contribution < 1.29 is 9.47 Å². The summed E-state index contributed by atoms with van der Waals surface area (Å²) < 4.78 is 12.3. The lowest BCUT2D eigenvalue weighted by Crippen LogP contribution is -1.99. The number of rotatable bonds is 4. The highest BCUT2D eigenvalue weighted by molar-refractivity contribution is 5.64. The van der Waals surface area contributed by atoms with Gasteiger partial charge >= 0.3 is 0 Å². The van der Waals surface area contributed by atoms with Gasteiger partial charge in [0.2, 0.25) is 5.88 Å². The maximum atomic E-state index is 8.92. The molecule has 3 rings (SSSR count). The van der Waals surface area contributed by atoms with Crippen LogP contribution >= 0.6 is 0 Å². The minimum Gasteiger partial charge on any atom is -0.497 e. The fraction of sp³-hybridized carbons (Fsp3) is 0.111. The summed E-state index contributed by atoms with van der Waals surface area (Å²) in [5.74, 6) is 1.31. The number of hydrogen-bond donors (Lipinski definition) is 0. The first-order valence-electron chi connectivity index (χ1n) is 7.04. The van der Waals surface area contributed by atoms with E-state index in [-0.39, 0.29) is 0 Å². The van der Waals surface area contributed by atoms with E-state index in [1.807, 2.05) is 42.5 Å². The van der Waals surface area contributed by atoms with Crippen LogP contribution in [0, 0.1) is 11.3 Å². The fourth-order valence-corrected chi connectivity index (χ4v) is 2.30. The van der Waals surface area contributed by atoms with Gasteiger partial charge in [-0.05, 0) is 36.4 Å². The van der Waals surface area contributed by atoms with Crippen LogP contribution in [-0.4, -0.2) is 24.0 Å². The zero-order chi connectivity index (χ0) is 16.2. The first-order valence-corrected chi connectivity index (χ1v) is 7.04. The average Bonchev–Trinajstić information content (AvgIpc) is 3.06. The second-order valence-corrected chi connectivity index (χ2v) is 4.87. The molecule has 0 spiro atoms. The number of nitrogens with zero attached hydrogens (tertiary/aromatic N) is 3. The van der Waals surface area contributed by atoms with Crippen molar-refractivity contribution in [3.05, 3.63) is 60.2 Å². The lowest BCUT2D eigenvalue weighted by molar-refractivity contribution is 0.394. The zero-order valence-corrected chi connectivity index (χ0v) is 12.9. The first-order chi connectivity index (χ1) is 11.2. The maximum Gasteiger partial charge on any atom is 0.233 e. The number of benzene rings is 2. The quantitative estimate of drug-likeness (QED) is 0.741. The summed E-state index contributed by atoms with van der Waals surface area (Å²) in [5.41, 5.74) is 3.36. The van der Waals surface area contributed by atoms with Gasteiger partial charge in [-0.2, -0.15) is 5.26 Å². The van der Waals surface area contributed by atoms with Gasteiger partial charge in [-0.15, -0.1) is 5.10 Å². The topological polar surface area (TPSA) is 60.1 Å². The molecule has 0 atom stereocenters. The predicted molar refractivity (Wildman–Crippen MR) is 86.8 cm³/mol. The molecule has 5 heteroatoms. The Morgan fingerprint density at radius 1 is 0.957 bits per heavy atom. The number of ether oxygens (including phenoxy) is 2. The molecule has 5 nitrogen and oxygen atoms in total. The van der Waals surface area contributed by atoms with Gasteiger partial charge in [0, 0.05) is 11.6 Å². The van der Waals surface area contributed by atoms with Crippen LogP contribution < -0.4 is 9.47 Å². The molecule has 3 aromatic rings. The van der Waals surface area contributed by atoms with Gasteiger partial charge in [-0.3, -0.25) is 0 Å². The van der Waals surface area contributed by atoms with E-state index in [4.69, 9.17) is 14.7 Å². The molecule has 1 aromatic heterocycles. The molecular weight excluding hydrogens is 290 g/mol. The van der Waals surface area contributed by atoms with Crippen LogP contribution in [0.2, 0.25) is 0 Å². The minimum absolute atomic E-state index is 0.528. The van der Waals surface area contributed by atoms with Crippen LogP contribution in [-0.2, 0) is 0 Å². The maximum absolute atomic E-state index is 8.92. The molecule has 0 N–H and O–H groups in total. The van der Waals surface area contributed by atoms with Gasteiger partial charge in [0.25, 0.3) is 0 Å². The SMILES string of the molecule is COc1ccc(-n2nc(OC)cc2-c2ccc(C#N)cc2)cc1. The summed E-state index contributed by atoms with van der Waals surface area (Å²) in [7, 11) is 3.22. The Labute approximate surface area is 134 Å². The number of hydrogen-bond acceptors (Lipinski definition) is 4. The smallest absolute Gasteiger partial charge is 0.233 e. The highest BCUT2D eigenvalue weighted by atomic mass is 16.5. The molecule has 1 heterocycles. The van der Waals surface area contributed by atoms with E-state index in [1.165, 1.54) is 0 Å². The third-order valence-electron chi connectivity index (χ3n) is 3.52. The molecule has 0 saturated carbocycles. The van der Waals surface area contributed by atoms with Crippen LogP contribution in [0.4, 0.5) is 0 Å². The third-order valence-corrected chi connectivity index (χ3v) is 3.52. The molecule has 0 fully saturated rings. The molecule has 114 valence electrons. The monoisotopic (exact) mass is 305 g/mol. The molecule has 0 aliphatic heterocycles. The lowest BCUT2D eigenvalue weighted by atomic mass is 10.1. The van der Waals surface area contributed by atoms with E-state index in [9.17, 15) is 0 Å². The number of nitriles is 1. The van der Waals surface area contributed by atoms with Crippen molar-refractivity contribution in [2.45, 2.75) is 0 Å². The van der Waals surface area contributed by atoms with E-state index >= 15 is 0 Å². The highest BCUT2D eigenvalue weighted by Crippen LogP contribution is 2.28. The standard InChI is InChI=1S/C18H15N3O2/c1-22-16-9-7-15(8-10-16)21-17(11-18(20-21)23-2)14-5-3-13(12-19)4-6-14/h3-11H,1-2H3. The van der Waals surface area contributed by atoms with Crippen LogP contribution in [0.25, 0.3) is 16.9 Å². The van der Waals surface area contributed by atoms with Crippen LogP contribution in [0.15, 0.2) is 54.6 Å². The van der Waals surface area contributed by atoms with Gasteiger partial charge in [0.15, 0.2) is 0 Å². The van der Waals surface area contributed by atoms with Gasteiger partial charge in [0.05, 0.1) is 37.2 Å². The van der Waals surface area contributed by atoms with Crippen molar-refractivity contribution in [1.82, 2.24) is 9.78 Å².